The fourth-order valence-corrected chi connectivity index (χ4v) is 1.37. The van der Waals surface area contributed by atoms with E-state index < -0.39 is 11.9 Å². The van der Waals surface area contributed by atoms with E-state index in [4.69, 9.17) is 17.3 Å². The van der Waals surface area contributed by atoms with Crippen LogP contribution < -0.4 is 5.73 Å². The van der Waals surface area contributed by atoms with Crippen LogP contribution in [0.4, 0.5) is 0 Å². The Balaban J connectivity index is 2.95. The lowest BCUT2D eigenvalue weighted by Gasteiger charge is -2.17. The van der Waals surface area contributed by atoms with Crippen molar-refractivity contribution >= 4 is 17.5 Å². The summed E-state index contributed by atoms with van der Waals surface area (Å²) in [5.74, 6) is -0.289. The molecule has 0 spiro atoms. The summed E-state index contributed by atoms with van der Waals surface area (Å²) < 4.78 is 1.50. The van der Waals surface area contributed by atoms with Gasteiger partial charge in [-0.3, -0.25) is 9.48 Å². The third-order valence-electron chi connectivity index (χ3n) is 1.78. The van der Waals surface area contributed by atoms with Gasteiger partial charge in [-0.15, -0.1) is 0 Å². The van der Waals surface area contributed by atoms with E-state index in [9.17, 15) is 4.79 Å². The van der Waals surface area contributed by atoms with Gasteiger partial charge >= 0.3 is 0 Å². The summed E-state index contributed by atoms with van der Waals surface area (Å²) in [4.78, 5) is 11.1. The van der Waals surface area contributed by atoms with Crippen LogP contribution in [0.1, 0.15) is 19.9 Å². The van der Waals surface area contributed by atoms with E-state index in [0.717, 1.165) is 0 Å². The van der Waals surface area contributed by atoms with E-state index in [1.165, 1.54) is 10.9 Å². The Bertz CT molecular complexity index is 308. The first kappa shape index (κ1) is 10.1. The topological polar surface area (TPSA) is 60.9 Å². The van der Waals surface area contributed by atoms with Crippen LogP contribution in [0.3, 0.4) is 0 Å². The average Bonchev–Trinajstić information content (AvgIpc) is 2.34. The van der Waals surface area contributed by atoms with Crippen LogP contribution in [-0.2, 0) is 4.79 Å². The van der Waals surface area contributed by atoms with Crippen molar-refractivity contribution in [1.29, 1.82) is 0 Å². The zero-order valence-electron chi connectivity index (χ0n) is 7.57. The van der Waals surface area contributed by atoms with E-state index in [-0.39, 0.29) is 5.92 Å². The quantitative estimate of drug-likeness (QED) is 0.800. The second-order valence-electron chi connectivity index (χ2n) is 3.23. The molecule has 1 atom stereocenters. The highest BCUT2D eigenvalue weighted by Crippen LogP contribution is 2.18. The molecule has 2 N–H and O–H groups in total. The molecule has 0 aromatic carbocycles. The minimum atomic E-state index is -0.424. The van der Waals surface area contributed by atoms with Gasteiger partial charge in [-0.2, -0.15) is 5.10 Å². The molecule has 0 saturated heterocycles. The Kier molecular flexibility index (Phi) is 2.93. The van der Waals surface area contributed by atoms with Crippen molar-refractivity contribution in [2.75, 3.05) is 0 Å². The number of nitrogens with zero attached hydrogens (tertiary/aromatic N) is 2. The molecule has 4 nitrogen and oxygen atoms in total. The lowest BCUT2D eigenvalue weighted by molar-refractivity contribution is -0.122. The zero-order valence-corrected chi connectivity index (χ0v) is 8.32. The molecule has 0 bridgehead atoms. The summed E-state index contributed by atoms with van der Waals surface area (Å²) >= 11 is 5.68. The Labute approximate surface area is 81.7 Å². The molecule has 5 heteroatoms. The van der Waals surface area contributed by atoms with Gasteiger partial charge in [0.1, 0.15) is 6.04 Å². The van der Waals surface area contributed by atoms with E-state index in [0.29, 0.717) is 5.02 Å². The summed E-state index contributed by atoms with van der Waals surface area (Å²) in [7, 11) is 0. The molecule has 1 rings (SSSR count). The molecule has 1 amide bonds. The van der Waals surface area contributed by atoms with Crippen LogP contribution >= 0.6 is 11.6 Å². The molecule has 1 aromatic rings. The largest absolute Gasteiger partial charge is 0.368 e. The van der Waals surface area contributed by atoms with Crippen molar-refractivity contribution in [2.24, 2.45) is 11.7 Å². The van der Waals surface area contributed by atoms with E-state index in [2.05, 4.69) is 5.10 Å². The van der Waals surface area contributed by atoms with E-state index in [1.807, 2.05) is 13.8 Å². The molecular weight excluding hydrogens is 190 g/mol. The normalized spacial score (nSPS) is 13.2. The van der Waals surface area contributed by atoms with Gasteiger partial charge in [0.05, 0.1) is 11.2 Å². The number of halogens is 1. The van der Waals surface area contributed by atoms with Crippen molar-refractivity contribution in [3.8, 4) is 0 Å². The molecule has 1 aromatic heterocycles. The smallest absolute Gasteiger partial charge is 0.242 e. The first-order valence-electron chi connectivity index (χ1n) is 4.01. The maximum atomic E-state index is 11.1. The minimum absolute atomic E-state index is 0.105. The van der Waals surface area contributed by atoms with Crippen LogP contribution in [0.2, 0.25) is 5.02 Å². The summed E-state index contributed by atoms with van der Waals surface area (Å²) in [5.41, 5.74) is 5.24. The fourth-order valence-electron chi connectivity index (χ4n) is 1.23. The number of amides is 1. The number of rotatable bonds is 3. The summed E-state index contributed by atoms with van der Waals surface area (Å²) in [6, 6.07) is -0.424. The highest BCUT2D eigenvalue weighted by molar-refractivity contribution is 6.30. The second kappa shape index (κ2) is 3.79. The van der Waals surface area contributed by atoms with Gasteiger partial charge in [0.25, 0.3) is 0 Å². The highest BCUT2D eigenvalue weighted by atomic mass is 35.5. The number of hydrogen-bond acceptors (Lipinski definition) is 2. The molecule has 0 fully saturated rings. The van der Waals surface area contributed by atoms with Gasteiger partial charge < -0.3 is 5.73 Å². The number of aromatic nitrogens is 2. The number of carbonyl (C=O) groups is 1. The first-order valence-corrected chi connectivity index (χ1v) is 4.39. The first-order chi connectivity index (χ1) is 6.02. The maximum absolute atomic E-state index is 11.1. The molecule has 1 unspecified atom stereocenters. The summed E-state index contributed by atoms with van der Waals surface area (Å²) in [6.07, 6.45) is 3.08. The lowest BCUT2D eigenvalue weighted by atomic mass is 10.0. The van der Waals surface area contributed by atoms with Gasteiger partial charge in [-0.1, -0.05) is 25.4 Å². The van der Waals surface area contributed by atoms with Crippen LogP contribution in [0.15, 0.2) is 12.4 Å². The van der Waals surface area contributed by atoms with Crippen molar-refractivity contribution in [1.82, 2.24) is 9.78 Å². The average molecular weight is 202 g/mol. The highest BCUT2D eigenvalue weighted by Gasteiger charge is 2.21. The van der Waals surface area contributed by atoms with E-state index >= 15 is 0 Å². The fraction of sp³-hybridized carbons (Fsp3) is 0.500. The maximum Gasteiger partial charge on any atom is 0.242 e. The molecule has 0 aliphatic rings. The minimum Gasteiger partial charge on any atom is -0.368 e. The second-order valence-corrected chi connectivity index (χ2v) is 3.67. The molecule has 0 saturated carbocycles. The van der Waals surface area contributed by atoms with Gasteiger partial charge in [0.15, 0.2) is 0 Å². The SMILES string of the molecule is CC(C)C(C(N)=O)n1cc(Cl)cn1. The Morgan fingerprint density at radius 3 is 2.62 bits per heavy atom. The summed E-state index contributed by atoms with van der Waals surface area (Å²) in [5, 5.41) is 4.45. The van der Waals surface area contributed by atoms with E-state index in [1.54, 1.807) is 6.20 Å². The number of hydrogen-bond donors (Lipinski definition) is 1. The summed E-state index contributed by atoms with van der Waals surface area (Å²) in [6.45, 7) is 3.82. The van der Waals surface area contributed by atoms with Crippen molar-refractivity contribution in [3.63, 3.8) is 0 Å². The van der Waals surface area contributed by atoms with Crippen LogP contribution in [0.5, 0.6) is 0 Å². The molecule has 72 valence electrons. The third-order valence-corrected chi connectivity index (χ3v) is 1.97. The van der Waals surface area contributed by atoms with Crippen molar-refractivity contribution < 1.29 is 4.79 Å². The molecule has 0 aliphatic carbocycles. The molecule has 13 heavy (non-hydrogen) atoms. The number of nitrogens with two attached hydrogens (primary N) is 1. The standard InChI is InChI=1S/C8H12ClN3O/c1-5(2)7(8(10)13)12-4-6(9)3-11-12/h3-5,7H,1-2H3,(H2,10,13). The predicted molar refractivity (Wildman–Crippen MR) is 50.3 cm³/mol. The van der Waals surface area contributed by atoms with Gasteiger partial charge in [0.2, 0.25) is 5.91 Å². The van der Waals surface area contributed by atoms with Gasteiger partial charge in [0, 0.05) is 6.20 Å². The number of primary amides is 1. The molecule has 0 radical (unpaired) electrons. The van der Waals surface area contributed by atoms with Crippen LogP contribution in [0.25, 0.3) is 0 Å². The van der Waals surface area contributed by atoms with Crippen molar-refractivity contribution in [2.45, 2.75) is 19.9 Å². The lowest BCUT2D eigenvalue weighted by Crippen LogP contribution is -2.30. The molecule has 0 aliphatic heterocycles. The third kappa shape index (κ3) is 2.21. The van der Waals surface area contributed by atoms with Crippen LogP contribution in [0, 0.1) is 5.92 Å². The van der Waals surface area contributed by atoms with Crippen molar-refractivity contribution in [3.05, 3.63) is 17.4 Å². The van der Waals surface area contributed by atoms with Gasteiger partial charge in [-0.05, 0) is 5.92 Å². The van der Waals surface area contributed by atoms with Crippen LogP contribution in [-0.4, -0.2) is 15.7 Å². The molecular formula is C8H12ClN3O. The Hall–Kier alpha value is -1.03. The monoisotopic (exact) mass is 201 g/mol. The molecule has 1 heterocycles. The Morgan fingerprint density at radius 2 is 2.31 bits per heavy atom. The predicted octanol–water partition coefficient (Wildman–Crippen LogP) is 1.22. The number of carbonyl (C=O) groups excluding carboxylic acids is 1. The zero-order chi connectivity index (χ0) is 10.0. The van der Waals surface area contributed by atoms with Gasteiger partial charge in [-0.25, -0.2) is 0 Å². The Morgan fingerprint density at radius 1 is 1.69 bits per heavy atom.